The molecule has 8 heteroatoms. The summed E-state index contributed by atoms with van der Waals surface area (Å²) in [6, 6.07) is 8.99. The lowest BCUT2D eigenvalue weighted by molar-refractivity contribution is -0.137. The number of rotatable bonds is 6. The van der Waals surface area contributed by atoms with Crippen molar-refractivity contribution in [1.29, 1.82) is 0 Å². The number of alkyl carbamates (subject to hydrolysis) is 2. The summed E-state index contributed by atoms with van der Waals surface area (Å²) in [5, 5.41) is 13.4. The molecule has 0 saturated carbocycles. The Kier molecular flexibility index (Phi) is 7.03. The Balaban J connectivity index is 2.53. The molecule has 2 amide bonds. The highest BCUT2D eigenvalue weighted by atomic mass is 16.6. The summed E-state index contributed by atoms with van der Waals surface area (Å²) in [5.41, 5.74) is 0.0358. The number of carbonyl (C=O) groups excluding carboxylic acids is 2. The van der Waals surface area contributed by atoms with Crippen LogP contribution in [0.15, 0.2) is 30.3 Å². The molecule has 1 aromatic rings. The molecule has 0 aliphatic heterocycles. The summed E-state index contributed by atoms with van der Waals surface area (Å²) in [7, 11) is 0. The van der Waals surface area contributed by atoms with Crippen LogP contribution in [0.4, 0.5) is 9.59 Å². The van der Waals surface area contributed by atoms with Crippen molar-refractivity contribution in [1.82, 2.24) is 10.6 Å². The predicted octanol–water partition coefficient (Wildman–Crippen LogP) is 2.24. The van der Waals surface area contributed by atoms with Crippen molar-refractivity contribution in [3.63, 3.8) is 0 Å². The second kappa shape index (κ2) is 8.76. The number of carboxylic acids is 1. The van der Waals surface area contributed by atoms with Crippen LogP contribution in [0.5, 0.6) is 0 Å². The van der Waals surface area contributed by atoms with Gasteiger partial charge in [-0.3, -0.25) is 4.79 Å². The molecule has 0 aliphatic carbocycles. The number of amides is 2. The maximum atomic E-state index is 11.8. The third-order valence-corrected chi connectivity index (χ3v) is 2.57. The van der Waals surface area contributed by atoms with E-state index in [2.05, 4.69) is 10.6 Å². The first-order valence-corrected chi connectivity index (χ1v) is 7.34. The minimum Gasteiger partial charge on any atom is -0.481 e. The molecule has 0 radical (unpaired) electrons. The monoisotopic (exact) mass is 338 g/mol. The maximum Gasteiger partial charge on any atom is 0.409 e. The van der Waals surface area contributed by atoms with E-state index >= 15 is 0 Å². The minimum absolute atomic E-state index is 0.0267. The van der Waals surface area contributed by atoms with Gasteiger partial charge in [-0.15, -0.1) is 0 Å². The van der Waals surface area contributed by atoms with Crippen molar-refractivity contribution in [3.05, 3.63) is 35.9 Å². The van der Waals surface area contributed by atoms with E-state index in [1.165, 1.54) is 0 Å². The first-order valence-electron chi connectivity index (χ1n) is 7.34. The second-order valence-electron chi connectivity index (χ2n) is 6.00. The lowest BCUT2D eigenvalue weighted by Gasteiger charge is -2.23. The molecule has 1 atom stereocenters. The SMILES string of the molecule is CC(C)(C)OC(=O)N[C@@H](CC(=O)O)NC(=O)OCc1ccccc1. The molecule has 0 saturated heterocycles. The molecule has 0 aliphatic rings. The Bertz CT molecular complexity index is 568. The van der Waals surface area contributed by atoms with Gasteiger partial charge in [0.05, 0.1) is 6.42 Å². The molecule has 0 spiro atoms. The van der Waals surface area contributed by atoms with Gasteiger partial charge in [-0.2, -0.15) is 0 Å². The zero-order chi connectivity index (χ0) is 18.2. The van der Waals surface area contributed by atoms with Gasteiger partial charge in [0.2, 0.25) is 0 Å². The molecule has 0 unspecified atom stereocenters. The summed E-state index contributed by atoms with van der Waals surface area (Å²) < 4.78 is 10.0. The molecule has 1 aromatic carbocycles. The highest BCUT2D eigenvalue weighted by Gasteiger charge is 2.22. The van der Waals surface area contributed by atoms with E-state index in [9.17, 15) is 14.4 Å². The zero-order valence-corrected chi connectivity index (χ0v) is 13.9. The van der Waals surface area contributed by atoms with Crippen molar-refractivity contribution < 1.29 is 29.0 Å². The maximum absolute atomic E-state index is 11.8. The first kappa shape index (κ1) is 19.3. The fraction of sp³-hybridized carbons (Fsp3) is 0.438. The lowest BCUT2D eigenvalue weighted by atomic mass is 10.2. The molecule has 0 heterocycles. The summed E-state index contributed by atoms with van der Waals surface area (Å²) in [5.74, 6) is -1.19. The number of nitrogens with one attached hydrogen (secondary N) is 2. The van der Waals surface area contributed by atoms with E-state index in [1.807, 2.05) is 6.07 Å². The second-order valence-corrected chi connectivity index (χ2v) is 6.00. The normalized spacial score (nSPS) is 12.0. The van der Waals surface area contributed by atoms with Crippen LogP contribution < -0.4 is 10.6 Å². The van der Waals surface area contributed by atoms with Crippen molar-refractivity contribution in [2.24, 2.45) is 0 Å². The quantitative estimate of drug-likeness (QED) is 0.685. The molecular formula is C16H22N2O6. The topological polar surface area (TPSA) is 114 Å². The standard InChI is InChI=1S/C16H22N2O6/c1-16(2,3)24-15(22)18-12(9-13(19)20)17-14(21)23-10-11-7-5-4-6-8-11/h4-8,12H,9-10H2,1-3H3,(H,17,21)(H,18,22)(H,19,20)/t12-/m0/s1. The molecule has 0 bridgehead atoms. The van der Waals surface area contributed by atoms with Gasteiger partial charge >= 0.3 is 18.2 Å². The zero-order valence-electron chi connectivity index (χ0n) is 13.9. The summed E-state index contributed by atoms with van der Waals surface area (Å²) in [6.07, 6.45) is -3.35. The Labute approximate surface area is 140 Å². The molecule has 132 valence electrons. The molecule has 0 fully saturated rings. The highest BCUT2D eigenvalue weighted by Crippen LogP contribution is 2.07. The number of benzene rings is 1. The van der Waals surface area contributed by atoms with Crippen molar-refractivity contribution in [3.8, 4) is 0 Å². The fourth-order valence-corrected chi connectivity index (χ4v) is 1.67. The summed E-state index contributed by atoms with van der Waals surface area (Å²) in [6.45, 7) is 5.03. The van der Waals surface area contributed by atoms with Crippen LogP contribution in [0.3, 0.4) is 0 Å². The van der Waals surface area contributed by atoms with Crippen molar-refractivity contribution in [2.45, 2.75) is 45.6 Å². The van der Waals surface area contributed by atoms with Crippen LogP contribution >= 0.6 is 0 Å². The molecule has 0 aromatic heterocycles. The Morgan fingerprint density at radius 1 is 1.08 bits per heavy atom. The van der Waals surface area contributed by atoms with E-state index in [-0.39, 0.29) is 6.61 Å². The third kappa shape index (κ3) is 8.62. The first-order chi connectivity index (χ1) is 11.2. The van der Waals surface area contributed by atoms with Crippen LogP contribution in [-0.4, -0.2) is 35.0 Å². The number of hydrogen-bond acceptors (Lipinski definition) is 5. The van der Waals surface area contributed by atoms with Crippen LogP contribution in [-0.2, 0) is 20.9 Å². The van der Waals surface area contributed by atoms with Crippen LogP contribution in [0, 0.1) is 0 Å². The van der Waals surface area contributed by atoms with E-state index in [0.29, 0.717) is 0 Å². The Hall–Kier alpha value is -2.77. The largest absolute Gasteiger partial charge is 0.481 e. The average molecular weight is 338 g/mol. The van der Waals surface area contributed by atoms with Gasteiger partial charge in [0.15, 0.2) is 0 Å². The van der Waals surface area contributed by atoms with Crippen LogP contribution in [0.1, 0.15) is 32.8 Å². The Morgan fingerprint density at radius 2 is 1.67 bits per heavy atom. The molecule has 8 nitrogen and oxygen atoms in total. The molecule has 3 N–H and O–H groups in total. The average Bonchev–Trinajstić information content (AvgIpc) is 2.43. The molecular weight excluding hydrogens is 316 g/mol. The van der Waals surface area contributed by atoms with Gasteiger partial charge in [-0.1, -0.05) is 30.3 Å². The smallest absolute Gasteiger partial charge is 0.409 e. The molecule has 1 rings (SSSR count). The van der Waals surface area contributed by atoms with Crippen molar-refractivity contribution >= 4 is 18.2 Å². The van der Waals surface area contributed by atoms with Crippen LogP contribution in [0.25, 0.3) is 0 Å². The van der Waals surface area contributed by atoms with E-state index in [0.717, 1.165) is 5.56 Å². The van der Waals surface area contributed by atoms with E-state index in [4.69, 9.17) is 14.6 Å². The lowest BCUT2D eigenvalue weighted by Crippen LogP contribution is -2.50. The number of ether oxygens (including phenoxy) is 2. The summed E-state index contributed by atoms with van der Waals surface area (Å²) >= 11 is 0. The van der Waals surface area contributed by atoms with Gasteiger partial charge in [0, 0.05) is 0 Å². The van der Waals surface area contributed by atoms with E-state index in [1.54, 1.807) is 45.0 Å². The Morgan fingerprint density at radius 3 is 2.21 bits per heavy atom. The van der Waals surface area contributed by atoms with E-state index < -0.39 is 36.3 Å². The number of carbonyl (C=O) groups is 3. The van der Waals surface area contributed by atoms with Gasteiger partial charge in [-0.25, -0.2) is 9.59 Å². The third-order valence-electron chi connectivity index (χ3n) is 2.57. The number of aliphatic carboxylic acids is 1. The van der Waals surface area contributed by atoms with Crippen molar-refractivity contribution in [2.75, 3.05) is 0 Å². The number of carboxylic acid groups (broad SMARTS) is 1. The van der Waals surface area contributed by atoms with Gasteiger partial charge in [-0.05, 0) is 26.3 Å². The van der Waals surface area contributed by atoms with Crippen LogP contribution in [0.2, 0.25) is 0 Å². The number of hydrogen-bond donors (Lipinski definition) is 3. The van der Waals surface area contributed by atoms with Gasteiger partial charge in [0.1, 0.15) is 18.4 Å². The summed E-state index contributed by atoms with van der Waals surface area (Å²) in [4.78, 5) is 34.3. The highest BCUT2D eigenvalue weighted by molar-refractivity contribution is 5.74. The molecule has 24 heavy (non-hydrogen) atoms. The fourth-order valence-electron chi connectivity index (χ4n) is 1.67. The van der Waals surface area contributed by atoms with Gasteiger partial charge in [0.25, 0.3) is 0 Å². The minimum atomic E-state index is -1.19. The van der Waals surface area contributed by atoms with Gasteiger partial charge < -0.3 is 25.2 Å². The predicted molar refractivity (Wildman–Crippen MR) is 85.2 cm³/mol.